The van der Waals surface area contributed by atoms with E-state index in [1.54, 1.807) is 0 Å². The lowest BCUT2D eigenvalue weighted by Gasteiger charge is -2.19. The highest BCUT2D eigenvalue weighted by Crippen LogP contribution is 2.33. The van der Waals surface area contributed by atoms with Gasteiger partial charge >= 0.3 is 0 Å². The average molecular weight is 236 g/mol. The lowest BCUT2D eigenvalue weighted by Crippen LogP contribution is -2.03. The van der Waals surface area contributed by atoms with E-state index >= 15 is 0 Å². The largest absolute Gasteiger partial charge is 0.0735 e. The molecule has 0 atom stereocenters. The van der Waals surface area contributed by atoms with Crippen LogP contribution >= 0.6 is 0 Å². The molecule has 2 aliphatic rings. The van der Waals surface area contributed by atoms with Crippen molar-refractivity contribution < 1.29 is 0 Å². The first kappa shape index (κ1) is 11.5. The van der Waals surface area contributed by atoms with Crippen LogP contribution < -0.4 is 0 Å². The zero-order chi connectivity index (χ0) is 12.2. The van der Waals surface area contributed by atoms with E-state index in [0.29, 0.717) is 0 Å². The minimum absolute atomic E-state index is 0.795. The lowest BCUT2D eigenvalue weighted by atomic mass is 9.86. The Hall–Kier alpha value is -1.56. The second kappa shape index (κ2) is 5.39. The molecule has 3 rings (SSSR count). The molecule has 92 valence electrons. The molecule has 1 fully saturated rings. The first-order chi connectivity index (χ1) is 8.93. The maximum Gasteiger partial charge on any atom is -0.0115 e. The number of rotatable bonds is 2. The highest BCUT2D eigenvalue weighted by molar-refractivity contribution is 5.85. The van der Waals surface area contributed by atoms with Crippen molar-refractivity contribution in [3.63, 3.8) is 0 Å². The van der Waals surface area contributed by atoms with Gasteiger partial charge in [-0.15, -0.1) is 0 Å². The van der Waals surface area contributed by atoms with E-state index < -0.39 is 0 Å². The SMILES string of the molecule is C1=CC(=CC2CCCCC2)C(c2ccccc2)=C1. The predicted molar refractivity (Wildman–Crippen MR) is 78.2 cm³/mol. The number of benzene rings is 1. The molecular weight excluding hydrogens is 216 g/mol. The van der Waals surface area contributed by atoms with Crippen LogP contribution in [0, 0.1) is 5.92 Å². The quantitative estimate of drug-likeness (QED) is 0.666. The minimum Gasteiger partial charge on any atom is -0.0735 e. The molecule has 0 heteroatoms. The molecule has 0 aromatic heterocycles. The monoisotopic (exact) mass is 236 g/mol. The first-order valence-corrected chi connectivity index (χ1v) is 7.09. The number of allylic oxidation sites excluding steroid dienone is 6. The Morgan fingerprint density at radius 1 is 0.944 bits per heavy atom. The van der Waals surface area contributed by atoms with Crippen molar-refractivity contribution in [3.05, 3.63) is 65.8 Å². The van der Waals surface area contributed by atoms with Crippen LogP contribution in [0.2, 0.25) is 0 Å². The van der Waals surface area contributed by atoms with Crippen LogP contribution in [0.1, 0.15) is 37.7 Å². The van der Waals surface area contributed by atoms with Crippen LogP contribution in [0.25, 0.3) is 5.57 Å². The first-order valence-electron chi connectivity index (χ1n) is 7.09. The van der Waals surface area contributed by atoms with Crippen molar-refractivity contribution in [2.75, 3.05) is 0 Å². The molecule has 1 saturated carbocycles. The Bertz CT molecular complexity index is 482. The Balaban J connectivity index is 1.82. The van der Waals surface area contributed by atoms with Gasteiger partial charge in [-0.3, -0.25) is 0 Å². The van der Waals surface area contributed by atoms with E-state index in [4.69, 9.17) is 0 Å². The molecule has 0 bridgehead atoms. The summed E-state index contributed by atoms with van der Waals surface area (Å²) in [4.78, 5) is 0. The van der Waals surface area contributed by atoms with Crippen molar-refractivity contribution in [1.82, 2.24) is 0 Å². The highest BCUT2D eigenvalue weighted by Gasteiger charge is 2.14. The maximum atomic E-state index is 2.50. The van der Waals surface area contributed by atoms with Crippen LogP contribution in [0.3, 0.4) is 0 Å². The molecule has 0 nitrogen and oxygen atoms in total. The number of hydrogen-bond donors (Lipinski definition) is 0. The third-order valence-corrected chi connectivity index (χ3v) is 4.00. The molecule has 0 heterocycles. The van der Waals surface area contributed by atoms with E-state index in [1.165, 1.54) is 48.8 Å². The van der Waals surface area contributed by atoms with Gasteiger partial charge in [-0.1, -0.05) is 73.9 Å². The standard InChI is InChI=1S/C18H20/c1-3-8-15(9-4-1)14-17-12-7-13-18(17)16-10-5-2-6-11-16/h2,5-7,10-15H,1,3-4,8-9H2. The summed E-state index contributed by atoms with van der Waals surface area (Å²) in [6.07, 6.45) is 16.2. The summed E-state index contributed by atoms with van der Waals surface area (Å²) in [6, 6.07) is 10.7. The van der Waals surface area contributed by atoms with Crippen LogP contribution in [-0.4, -0.2) is 0 Å². The molecule has 2 aliphatic carbocycles. The van der Waals surface area contributed by atoms with Gasteiger partial charge in [0.05, 0.1) is 0 Å². The Labute approximate surface area is 110 Å². The second-order valence-electron chi connectivity index (χ2n) is 5.33. The molecule has 1 aromatic rings. The third kappa shape index (κ3) is 2.48. The molecule has 0 amide bonds. The topological polar surface area (TPSA) is 0 Å². The fraction of sp³-hybridized carbons (Fsp3) is 0.333. The summed E-state index contributed by atoms with van der Waals surface area (Å²) in [5.74, 6) is 0.795. The Morgan fingerprint density at radius 3 is 2.50 bits per heavy atom. The molecule has 1 aromatic carbocycles. The molecule has 0 N–H and O–H groups in total. The van der Waals surface area contributed by atoms with Gasteiger partial charge in [0.1, 0.15) is 0 Å². The maximum absolute atomic E-state index is 2.50. The van der Waals surface area contributed by atoms with E-state index in [2.05, 4.69) is 54.6 Å². The third-order valence-electron chi connectivity index (χ3n) is 4.00. The van der Waals surface area contributed by atoms with Crippen molar-refractivity contribution in [1.29, 1.82) is 0 Å². The molecule has 0 spiro atoms. The zero-order valence-electron chi connectivity index (χ0n) is 10.8. The van der Waals surface area contributed by atoms with Gasteiger partial charge in [0.15, 0.2) is 0 Å². The van der Waals surface area contributed by atoms with Crippen LogP contribution in [-0.2, 0) is 0 Å². The summed E-state index contributed by atoms with van der Waals surface area (Å²) >= 11 is 0. The summed E-state index contributed by atoms with van der Waals surface area (Å²) in [6.45, 7) is 0. The lowest BCUT2D eigenvalue weighted by molar-refractivity contribution is 0.419. The van der Waals surface area contributed by atoms with Crippen molar-refractivity contribution in [2.45, 2.75) is 32.1 Å². The van der Waals surface area contributed by atoms with E-state index in [-0.39, 0.29) is 0 Å². The summed E-state index contributed by atoms with van der Waals surface area (Å²) < 4.78 is 0. The molecular formula is C18H20. The smallest absolute Gasteiger partial charge is 0.0115 e. The zero-order valence-corrected chi connectivity index (χ0v) is 10.8. The highest BCUT2D eigenvalue weighted by atomic mass is 14.2. The summed E-state index contributed by atoms with van der Waals surface area (Å²) in [5, 5.41) is 0. The van der Waals surface area contributed by atoms with Gasteiger partial charge in [-0.2, -0.15) is 0 Å². The van der Waals surface area contributed by atoms with Crippen molar-refractivity contribution in [2.24, 2.45) is 5.92 Å². The Kier molecular flexibility index (Phi) is 3.45. The van der Waals surface area contributed by atoms with Gasteiger partial charge in [0.25, 0.3) is 0 Å². The molecule has 18 heavy (non-hydrogen) atoms. The van der Waals surface area contributed by atoms with Gasteiger partial charge in [0.2, 0.25) is 0 Å². The molecule has 0 saturated heterocycles. The van der Waals surface area contributed by atoms with Crippen molar-refractivity contribution >= 4 is 5.57 Å². The predicted octanol–water partition coefficient (Wildman–Crippen LogP) is 5.15. The molecule has 0 aliphatic heterocycles. The van der Waals surface area contributed by atoms with E-state index in [1.807, 2.05) is 0 Å². The second-order valence-corrected chi connectivity index (χ2v) is 5.33. The Morgan fingerprint density at radius 2 is 1.72 bits per heavy atom. The minimum atomic E-state index is 0.795. The van der Waals surface area contributed by atoms with Gasteiger partial charge in [-0.25, -0.2) is 0 Å². The summed E-state index contributed by atoms with van der Waals surface area (Å²) in [5.41, 5.74) is 4.15. The van der Waals surface area contributed by atoms with E-state index in [9.17, 15) is 0 Å². The number of hydrogen-bond acceptors (Lipinski definition) is 0. The van der Waals surface area contributed by atoms with E-state index in [0.717, 1.165) is 5.92 Å². The fourth-order valence-electron chi connectivity index (χ4n) is 3.01. The summed E-state index contributed by atoms with van der Waals surface area (Å²) in [7, 11) is 0. The molecule has 0 radical (unpaired) electrons. The van der Waals surface area contributed by atoms with Crippen LogP contribution in [0.15, 0.2) is 60.2 Å². The van der Waals surface area contributed by atoms with Gasteiger partial charge < -0.3 is 0 Å². The normalized spacial score (nSPS) is 22.4. The van der Waals surface area contributed by atoms with Gasteiger partial charge in [0, 0.05) is 0 Å². The van der Waals surface area contributed by atoms with Crippen molar-refractivity contribution in [3.8, 4) is 0 Å². The molecule has 0 unspecified atom stereocenters. The average Bonchev–Trinajstić information content (AvgIpc) is 2.89. The van der Waals surface area contributed by atoms with Gasteiger partial charge in [-0.05, 0) is 35.5 Å². The fourth-order valence-corrected chi connectivity index (χ4v) is 3.01. The van der Waals surface area contributed by atoms with Crippen LogP contribution in [0.4, 0.5) is 0 Å². The van der Waals surface area contributed by atoms with Crippen LogP contribution in [0.5, 0.6) is 0 Å².